The SMILES string of the molecule is O=C(c1ccc(Cl)c(Br)c1)N1CCC(CBr)C1. The average molecular weight is 381 g/mol. The molecule has 2 nitrogen and oxygen atoms in total. The van der Waals surface area contributed by atoms with Crippen molar-refractivity contribution in [3.05, 3.63) is 33.3 Å². The van der Waals surface area contributed by atoms with Crippen LogP contribution in [0.1, 0.15) is 16.8 Å². The second-order valence-electron chi connectivity index (χ2n) is 4.19. The lowest BCUT2D eigenvalue weighted by atomic mass is 10.2. The van der Waals surface area contributed by atoms with Crippen molar-refractivity contribution in [2.24, 2.45) is 5.92 Å². The van der Waals surface area contributed by atoms with Crippen molar-refractivity contribution in [2.45, 2.75) is 6.42 Å². The zero-order valence-corrected chi connectivity index (χ0v) is 13.1. The highest BCUT2D eigenvalue weighted by Crippen LogP contribution is 2.25. The third-order valence-corrected chi connectivity index (χ3v) is 5.09. The lowest BCUT2D eigenvalue weighted by molar-refractivity contribution is 0.0788. The number of alkyl halides is 1. The van der Waals surface area contributed by atoms with Crippen LogP contribution in [0.25, 0.3) is 0 Å². The lowest BCUT2D eigenvalue weighted by Crippen LogP contribution is -2.28. The summed E-state index contributed by atoms with van der Waals surface area (Å²) < 4.78 is 0.765. The highest BCUT2D eigenvalue weighted by Gasteiger charge is 2.26. The van der Waals surface area contributed by atoms with Gasteiger partial charge in [-0.25, -0.2) is 0 Å². The quantitative estimate of drug-likeness (QED) is 0.710. The molecule has 1 saturated heterocycles. The highest BCUT2D eigenvalue weighted by atomic mass is 79.9. The van der Waals surface area contributed by atoms with Crippen LogP contribution in [0.5, 0.6) is 0 Å². The molecule has 0 aromatic heterocycles. The summed E-state index contributed by atoms with van der Waals surface area (Å²) in [6.45, 7) is 1.68. The van der Waals surface area contributed by atoms with Crippen LogP contribution in [0.4, 0.5) is 0 Å². The molecular formula is C12H12Br2ClNO. The first kappa shape index (κ1) is 13.4. The molecule has 0 N–H and O–H groups in total. The zero-order chi connectivity index (χ0) is 12.4. The number of likely N-dealkylation sites (tertiary alicyclic amines) is 1. The van der Waals surface area contributed by atoms with Crippen molar-refractivity contribution in [1.82, 2.24) is 4.90 Å². The van der Waals surface area contributed by atoms with E-state index in [9.17, 15) is 4.79 Å². The molecule has 1 unspecified atom stereocenters. The van der Waals surface area contributed by atoms with Gasteiger partial charge in [-0.2, -0.15) is 0 Å². The third-order valence-electron chi connectivity index (χ3n) is 2.96. The fourth-order valence-corrected chi connectivity index (χ4v) is 2.98. The van der Waals surface area contributed by atoms with Gasteiger partial charge in [0.2, 0.25) is 0 Å². The Morgan fingerprint density at radius 1 is 1.53 bits per heavy atom. The zero-order valence-electron chi connectivity index (χ0n) is 9.13. The molecular weight excluding hydrogens is 369 g/mol. The standard InChI is InChI=1S/C12H12Br2ClNO/c13-6-8-3-4-16(7-8)12(17)9-1-2-11(15)10(14)5-9/h1-2,5,8H,3-4,6-7H2. The number of halogens is 3. The Balaban J connectivity index is 2.12. The van der Waals surface area contributed by atoms with Gasteiger partial charge in [0.15, 0.2) is 0 Å². The number of nitrogens with zero attached hydrogens (tertiary/aromatic N) is 1. The number of hydrogen-bond acceptors (Lipinski definition) is 1. The van der Waals surface area contributed by atoms with Gasteiger partial charge in [-0.3, -0.25) is 4.79 Å². The van der Waals surface area contributed by atoms with Crippen molar-refractivity contribution < 1.29 is 4.79 Å². The summed E-state index contributed by atoms with van der Waals surface area (Å²) in [4.78, 5) is 14.1. The van der Waals surface area contributed by atoms with E-state index in [1.807, 2.05) is 4.90 Å². The monoisotopic (exact) mass is 379 g/mol. The van der Waals surface area contributed by atoms with Crippen molar-refractivity contribution in [1.29, 1.82) is 0 Å². The Morgan fingerprint density at radius 2 is 2.29 bits per heavy atom. The minimum atomic E-state index is 0.0887. The Labute approximate surface area is 123 Å². The molecule has 0 spiro atoms. The van der Waals surface area contributed by atoms with E-state index in [4.69, 9.17) is 11.6 Å². The molecule has 1 aliphatic rings. The number of rotatable bonds is 2. The summed E-state index contributed by atoms with van der Waals surface area (Å²) in [5, 5.41) is 1.59. The number of carbonyl (C=O) groups is 1. The van der Waals surface area contributed by atoms with Gasteiger partial charge >= 0.3 is 0 Å². The minimum absolute atomic E-state index is 0.0887. The Morgan fingerprint density at radius 3 is 2.88 bits per heavy atom. The van der Waals surface area contributed by atoms with E-state index >= 15 is 0 Å². The number of carbonyl (C=O) groups excluding carboxylic acids is 1. The number of amides is 1. The van der Waals surface area contributed by atoms with Gasteiger partial charge in [-0.15, -0.1) is 0 Å². The topological polar surface area (TPSA) is 20.3 Å². The molecule has 0 aliphatic carbocycles. The molecule has 0 saturated carbocycles. The first-order chi connectivity index (χ1) is 8.11. The lowest BCUT2D eigenvalue weighted by Gasteiger charge is -2.16. The summed E-state index contributed by atoms with van der Waals surface area (Å²) in [5.74, 6) is 0.667. The van der Waals surface area contributed by atoms with Crippen LogP contribution in [0.3, 0.4) is 0 Å². The molecule has 1 aliphatic heterocycles. The van der Waals surface area contributed by atoms with Gasteiger partial charge in [-0.05, 0) is 46.5 Å². The highest BCUT2D eigenvalue weighted by molar-refractivity contribution is 9.10. The van der Waals surface area contributed by atoms with Crippen molar-refractivity contribution in [3.8, 4) is 0 Å². The normalized spacial score (nSPS) is 19.7. The van der Waals surface area contributed by atoms with Crippen LogP contribution in [0.15, 0.2) is 22.7 Å². The smallest absolute Gasteiger partial charge is 0.253 e. The van der Waals surface area contributed by atoms with Crippen LogP contribution in [-0.4, -0.2) is 29.2 Å². The third kappa shape index (κ3) is 3.04. The predicted octanol–water partition coefficient (Wildman–Crippen LogP) is 3.96. The fourth-order valence-electron chi connectivity index (χ4n) is 1.95. The molecule has 1 aromatic carbocycles. The molecule has 0 radical (unpaired) electrons. The first-order valence-electron chi connectivity index (χ1n) is 5.42. The van der Waals surface area contributed by atoms with E-state index in [0.717, 1.165) is 29.3 Å². The van der Waals surface area contributed by atoms with Gasteiger partial charge in [0.1, 0.15) is 0 Å². The predicted molar refractivity (Wildman–Crippen MR) is 77.0 cm³/mol. The molecule has 92 valence electrons. The van der Waals surface area contributed by atoms with Gasteiger partial charge < -0.3 is 4.90 Å². The van der Waals surface area contributed by atoms with Gasteiger partial charge in [0.25, 0.3) is 5.91 Å². The van der Waals surface area contributed by atoms with Gasteiger partial charge in [0.05, 0.1) is 5.02 Å². The number of hydrogen-bond donors (Lipinski definition) is 0. The average Bonchev–Trinajstić information content (AvgIpc) is 2.80. The minimum Gasteiger partial charge on any atom is -0.338 e. The fraction of sp³-hybridized carbons (Fsp3) is 0.417. The molecule has 1 aromatic rings. The van der Waals surface area contributed by atoms with Crippen LogP contribution >= 0.6 is 43.5 Å². The summed E-state index contributed by atoms with van der Waals surface area (Å²) in [6, 6.07) is 5.31. The van der Waals surface area contributed by atoms with Crippen molar-refractivity contribution in [2.75, 3.05) is 18.4 Å². The maximum absolute atomic E-state index is 12.2. The molecule has 1 atom stereocenters. The molecule has 1 fully saturated rings. The van der Waals surface area contributed by atoms with Crippen LogP contribution < -0.4 is 0 Å². The molecule has 1 heterocycles. The molecule has 1 amide bonds. The Hall–Kier alpha value is -0.0600. The van der Waals surface area contributed by atoms with Crippen LogP contribution in [0.2, 0.25) is 5.02 Å². The van der Waals surface area contributed by atoms with Crippen molar-refractivity contribution in [3.63, 3.8) is 0 Å². The second-order valence-corrected chi connectivity index (χ2v) is 6.10. The summed E-state index contributed by atoms with van der Waals surface area (Å²) in [6.07, 6.45) is 1.08. The van der Waals surface area contributed by atoms with E-state index in [1.54, 1.807) is 18.2 Å². The molecule has 5 heteroatoms. The van der Waals surface area contributed by atoms with Crippen LogP contribution in [0, 0.1) is 5.92 Å². The summed E-state index contributed by atoms with van der Waals surface area (Å²) in [5.41, 5.74) is 0.691. The summed E-state index contributed by atoms with van der Waals surface area (Å²) in [7, 11) is 0. The first-order valence-corrected chi connectivity index (χ1v) is 7.71. The largest absolute Gasteiger partial charge is 0.338 e. The number of benzene rings is 1. The van der Waals surface area contributed by atoms with Crippen LogP contribution in [-0.2, 0) is 0 Å². The van der Waals surface area contributed by atoms with E-state index in [0.29, 0.717) is 16.5 Å². The summed E-state index contributed by atoms with van der Waals surface area (Å²) >= 11 is 12.7. The Bertz CT molecular complexity index is 439. The van der Waals surface area contributed by atoms with E-state index in [1.165, 1.54) is 0 Å². The maximum atomic E-state index is 12.2. The van der Waals surface area contributed by atoms with Crippen molar-refractivity contribution >= 4 is 49.4 Å². The maximum Gasteiger partial charge on any atom is 0.253 e. The molecule has 17 heavy (non-hydrogen) atoms. The van der Waals surface area contributed by atoms with E-state index < -0.39 is 0 Å². The van der Waals surface area contributed by atoms with Gasteiger partial charge in [0, 0.05) is 28.5 Å². The van der Waals surface area contributed by atoms with E-state index in [-0.39, 0.29) is 5.91 Å². The van der Waals surface area contributed by atoms with E-state index in [2.05, 4.69) is 31.9 Å². The molecule has 0 bridgehead atoms. The second kappa shape index (κ2) is 5.72. The van der Waals surface area contributed by atoms with Gasteiger partial charge in [-0.1, -0.05) is 27.5 Å². The Kier molecular flexibility index (Phi) is 4.50. The molecule has 2 rings (SSSR count).